The summed E-state index contributed by atoms with van der Waals surface area (Å²) < 4.78 is 0. The molecule has 0 radical (unpaired) electrons. The van der Waals surface area contributed by atoms with Gasteiger partial charge in [-0.2, -0.15) is 0 Å². The van der Waals surface area contributed by atoms with E-state index in [1.807, 2.05) is 5.51 Å². The van der Waals surface area contributed by atoms with Gasteiger partial charge in [0.25, 0.3) is 0 Å². The van der Waals surface area contributed by atoms with Crippen LogP contribution in [-0.2, 0) is 6.42 Å². The highest BCUT2D eigenvalue weighted by Crippen LogP contribution is 2.40. The van der Waals surface area contributed by atoms with Gasteiger partial charge in [-0.25, -0.2) is 4.98 Å². The molecule has 0 unspecified atom stereocenters. The van der Waals surface area contributed by atoms with E-state index in [4.69, 9.17) is 0 Å². The van der Waals surface area contributed by atoms with Gasteiger partial charge in [-0.3, -0.25) is 0 Å². The Morgan fingerprint density at radius 2 is 1.65 bits per heavy atom. The maximum absolute atomic E-state index is 4.31. The summed E-state index contributed by atoms with van der Waals surface area (Å²) in [5.41, 5.74) is 9.07. The van der Waals surface area contributed by atoms with E-state index < -0.39 is 8.07 Å². The Balaban J connectivity index is 2.82. The average molecular weight is 308 g/mol. The second kappa shape index (κ2) is 7.43. The van der Waals surface area contributed by atoms with Crippen molar-refractivity contribution < 1.29 is 0 Å². The molecule has 0 fully saturated rings. The lowest BCUT2D eigenvalue weighted by atomic mass is 10.2. The van der Waals surface area contributed by atoms with E-state index in [0.717, 1.165) is 29.5 Å². The minimum absolute atomic E-state index is 0.722. The number of nitrogens with zero attached hydrogens (tertiary/aromatic N) is 1. The molecule has 1 aromatic rings. The van der Waals surface area contributed by atoms with Crippen LogP contribution in [0.4, 0.5) is 0 Å². The van der Waals surface area contributed by atoms with E-state index in [0.29, 0.717) is 0 Å². The summed E-state index contributed by atoms with van der Waals surface area (Å²) in [6.45, 7) is 16.3. The fraction of sp³-hybridized carbons (Fsp3) is 0.706. The highest BCUT2D eigenvalue weighted by atomic mass is 32.1. The molecule has 1 rings (SSSR count). The van der Waals surface area contributed by atoms with Gasteiger partial charge in [-0.1, -0.05) is 41.5 Å². The van der Waals surface area contributed by atoms with Gasteiger partial charge in [0, 0.05) is 11.3 Å². The molecule has 0 atom stereocenters. The second-order valence-electron chi connectivity index (χ2n) is 6.56. The monoisotopic (exact) mass is 307 g/mol. The lowest BCUT2D eigenvalue weighted by molar-refractivity contribution is 0.838. The molecule has 0 saturated heterocycles. The molecule has 0 saturated carbocycles. The molecule has 0 spiro atoms. The van der Waals surface area contributed by atoms with Crippen LogP contribution in [0.25, 0.3) is 0 Å². The number of rotatable bonds is 5. The lowest BCUT2D eigenvalue weighted by Crippen LogP contribution is -2.43. The molecule has 3 heteroatoms. The van der Waals surface area contributed by atoms with Crippen molar-refractivity contribution in [3.05, 3.63) is 16.1 Å². The van der Waals surface area contributed by atoms with Gasteiger partial charge in [0.05, 0.1) is 11.2 Å². The fourth-order valence-corrected chi connectivity index (χ4v) is 9.47. The van der Waals surface area contributed by atoms with Crippen LogP contribution in [-0.4, -0.2) is 13.1 Å². The highest BCUT2D eigenvalue weighted by molar-refractivity contribution is 7.09. The Morgan fingerprint density at radius 3 is 2.05 bits per heavy atom. The summed E-state index contributed by atoms with van der Waals surface area (Å²) in [7, 11) is -1.54. The highest BCUT2D eigenvalue weighted by Gasteiger charge is 2.41. The Hall–Kier alpha value is -0.593. The largest absolute Gasteiger partial charge is 0.250 e. The molecule has 1 heterocycles. The van der Waals surface area contributed by atoms with Crippen molar-refractivity contribution in [1.82, 2.24) is 4.98 Å². The van der Waals surface area contributed by atoms with Gasteiger partial charge in [-0.05, 0) is 30.0 Å². The van der Waals surface area contributed by atoms with E-state index in [9.17, 15) is 0 Å². The first-order valence-electron chi connectivity index (χ1n) is 7.71. The van der Waals surface area contributed by atoms with Gasteiger partial charge in [0.2, 0.25) is 0 Å². The van der Waals surface area contributed by atoms with E-state index in [-0.39, 0.29) is 0 Å². The number of aromatic nitrogens is 1. The van der Waals surface area contributed by atoms with Crippen LogP contribution in [0, 0.1) is 18.4 Å². The van der Waals surface area contributed by atoms with Gasteiger partial charge in [-0.15, -0.1) is 22.8 Å². The second-order valence-corrected chi connectivity index (χ2v) is 13.1. The van der Waals surface area contributed by atoms with Crippen LogP contribution in [0.2, 0.25) is 16.6 Å². The normalized spacial score (nSPS) is 12.1. The molecular formula is C17H29NSSi. The first kappa shape index (κ1) is 17.5. The summed E-state index contributed by atoms with van der Waals surface area (Å²) in [5, 5.41) is 0. The van der Waals surface area contributed by atoms with Crippen molar-refractivity contribution in [2.24, 2.45) is 0 Å². The molecule has 0 aromatic carbocycles. The zero-order valence-corrected chi connectivity index (χ0v) is 15.9. The topological polar surface area (TPSA) is 12.9 Å². The van der Waals surface area contributed by atoms with Crippen molar-refractivity contribution in [2.45, 2.75) is 77.9 Å². The molecule has 0 N–H and O–H groups in total. The molecule has 1 aromatic heterocycles. The minimum atomic E-state index is -1.54. The average Bonchev–Trinajstić information content (AvgIpc) is 2.73. The smallest absolute Gasteiger partial charge is 0.145 e. The van der Waals surface area contributed by atoms with Gasteiger partial charge >= 0.3 is 0 Å². The maximum atomic E-state index is 4.31. The first-order chi connectivity index (χ1) is 9.32. The number of aryl methyl sites for hydroxylation is 2. The van der Waals surface area contributed by atoms with Crippen LogP contribution in [0.15, 0.2) is 5.51 Å². The Bertz CT molecular complexity index is 455. The fourth-order valence-electron chi connectivity index (χ4n) is 3.39. The summed E-state index contributed by atoms with van der Waals surface area (Å²) in [5.74, 6) is 3.53. The third kappa shape index (κ3) is 3.74. The predicted molar refractivity (Wildman–Crippen MR) is 94.0 cm³/mol. The Kier molecular flexibility index (Phi) is 6.48. The molecule has 0 amide bonds. The van der Waals surface area contributed by atoms with Gasteiger partial charge in [0.1, 0.15) is 8.07 Å². The number of thiazole rings is 1. The quantitative estimate of drug-likeness (QED) is 0.509. The van der Waals surface area contributed by atoms with Crippen LogP contribution in [0.5, 0.6) is 0 Å². The van der Waals surface area contributed by atoms with Crippen LogP contribution >= 0.6 is 11.3 Å². The van der Waals surface area contributed by atoms with E-state index in [1.54, 1.807) is 11.3 Å². The van der Waals surface area contributed by atoms with Crippen LogP contribution < -0.4 is 0 Å². The summed E-state index contributed by atoms with van der Waals surface area (Å²) in [6, 6.07) is 0. The van der Waals surface area contributed by atoms with Crippen LogP contribution in [0.3, 0.4) is 0 Å². The Labute approximate surface area is 130 Å². The SMILES string of the molecule is Cc1ncsc1CCC#C[Si](C(C)C)(C(C)C)C(C)C. The first-order valence-corrected chi connectivity index (χ1v) is 10.8. The van der Waals surface area contributed by atoms with Gasteiger partial charge < -0.3 is 0 Å². The summed E-state index contributed by atoms with van der Waals surface area (Å²) in [6.07, 6.45) is 2.03. The third-order valence-corrected chi connectivity index (χ3v) is 11.8. The van der Waals surface area contributed by atoms with Crippen LogP contribution in [0.1, 0.15) is 58.5 Å². The lowest BCUT2D eigenvalue weighted by Gasteiger charge is -2.38. The molecule has 0 bridgehead atoms. The molecule has 20 heavy (non-hydrogen) atoms. The molecule has 0 aliphatic carbocycles. The zero-order valence-electron chi connectivity index (χ0n) is 14.1. The summed E-state index contributed by atoms with van der Waals surface area (Å²) in [4.78, 5) is 5.70. The van der Waals surface area contributed by atoms with E-state index >= 15 is 0 Å². The molecule has 112 valence electrons. The number of hydrogen-bond acceptors (Lipinski definition) is 2. The zero-order chi connectivity index (χ0) is 15.3. The third-order valence-electron chi connectivity index (χ3n) is 4.49. The van der Waals surface area contributed by atoms with E-state index in [1.165, 1.54) is 10.6 Å². The molecular weight excluding hydrogens is 278 g/mol. The molecule has 1 nitrogen and oxygen atoms in total. The summed E-state index contributed by atoms with van der Waals surface area (Å²) >= 11 is 1.76. The molecule has 0 aliphatic heterocycles. The maximum Gasteiger partial charge on any atom is 0.145 e. The minimum Gasteiger partial charge on any atom is -0.250 e. The molecule has 0 aliphatic rings. The van der Waals surface area contributed by atoms with Crippen molar-refractivity contribution in [1.29, 1.82) is 0 Å². The van der Waals surface area contributed by atoms with Crippen molar-refractivity contribution in [3.8, 4) is 11.5 Å². The predicted octanol–water partition coefficient (Wildman–Crippen LogP) is 5.61. The van der Waals surface area contributed by atoms with Gasteiger partial charge in [0.15, 0.2) is 0 Å². The standard InChI is InChI=1S/C17H29NSSi/c1-13(2)20(14(3)4,15(5)6)11-9-8-10-17-16(7)18-12-19-17/h12-15H,8,10H2,1-7H3. The Morgan fingerprint density at radius 1 is 1.10 bits per heavy atom. The van der Waals surface area contributed by atoms with Crippen molar-refractivity contribution in [2.75, 3.05) is 0 Å². The van der Waals surface area contributed by atoms with E-state index in [2.05, 4.69) is 64.9 Å². The van der Waals surface area contributed by atoms with Crippen molar-refractivity contribution in [3.63, 3.8) is 0 Å². The van der Waals surface area contributed by atoms with Crippen molar-refractivity contribution >= 4 is 19.4 Å². The number of hydrogen-bond donors (Lipinski definition) is 0.